The zero-order chi connectivity index (χ0) is 26.8. The molecule has 0 aliphatic carbocycles. The van der Waals surface area contributed by atoms with E-state index in [0.717, 1.165) is 0 Å². The largest absolute Gasteiger partial charge is 0.481 e. The Morgan fingerprint density at radius 3 is 2.28 bits per heavy atom. The van der Waals surface area contributed by atoms with Gasteiger partial charge in [-0.05, 0) is 24.8 Å². The number of primary amides is 1. The first-order valence-electron chi connectivity index (χ1n) is 11.4. The number of rotatable bonds is 13. The van der Waals surface area contributed by atoms with Crippen molar-refractivity contribution in [2.24, 2.45) is 11.5 Å². The number of carboxylic acids is 2. The number of amides is 4. The summed E-state index contributed by atoms with van der Waals surface area (Å²) in [6.45, 7) is 0.142. The second kappa shape index (κ2) is 13.2. The molecule has 8 N–H and O–H groups in total. The molecule has 13 heteroatoms. The molecule has 4 unspecified atom stereocenters. The zero-order valence-electron chi connectivity index (χ0n) is 19.6. The summed E-state index contributed by atoms with van der Waals surface area (Å²) in [4.78, 5) is 73.7. The lowest BCUT2D eigenvalue weighted by atomic mass is 10.0. The van der Waals surface area contributed by atoms with Crippen LogP contribution in [0.1, 0.15) is 37.7 Å². The molecule has 13 nitrogen and oxygen atoms in total. The number of nitrogens with two attached hydrogens (primary N) is 2. The van der Waals surface area contributed by atoms with Crippen LogP contribution in [0.4, 0.5) is 0 Å². The molecule has 0 aromatic heterocycles. The highest BCUT2D eigenvalue weighted by Crippen LogP contribution is 2.20. The molecule has 1 aliphatic heterocycles. The summed E-state index contributed by atoms with van der Waals surface area (Å²) in [7, 11) is 0. The van der Waals surface area contributed by atoms with Gasteiger partial charge in [-0.25, -0.2) is 4.79 Å². The van der Waals surface area contributed by atoms with E-state index in [-0.39, 0.29) is 32.2 Å². The smallest absolute Gasteiger partial charge is 0.326 e. The van der Waals surface area contributed by atoms with Crippen molar-refractivity contribution < 1.29 is 39.0 Å². The Labute approximate surface area is 207 Å². The van der Waals surface area contributed by atoms with Crippen molar-refractivity contribution in [2.75, 3.05) is 6.54 Å². The van der Waals surface area contributed by atoms with E-state index in [1.807, 2.05) is 0 Å². The van der Waals surface area contributed by atoms with E-state index in [1.165, 1.54) is 4.90 Å². The third kappa shape index (κ3) is 8.34. The van der Waals surface area contributed by atoms with Gasteiger partial charge < -0.3 is 37.2 Å². The first kappa shape index (κ1) is 28.2. The maximum absolute atomic E-state index is 13.2. The second-order valence-corrected chi connectivity index (χ2v) is 8.55. The summed E-state index contributed by atoms with van der Waals surface area (Å²) in [5.74, 6) is -5.54. The topological polar surface area (TPSA) is 222 Å². The van der Waals surface area contributed by atoms with E-state index in [2.05, 4.69) is 10.6 Å². The molecular formula is C23H31N5O8. The molecule has 0 radical (unpaired) electrons. The van der Waals surface area contributed by atoms with Crippen LogP contribution in [0, 0.1) is 0 Å². The molecular weight excluding hydrogens is 474 g/mol. The molecule has 36 heavy (non-hydrogen) atoms. The third-order valence-electron chi connectivity index (χ3n) is 5.76. The van der Waals surface area contributed by atoms with Crippen molar-refractivity contribution in [3.05, 3.63) is 35.9 Å². The quantitative estimate of drug-likeness (QED) is 0.180. The lowest BCUT2D eigenvalue weighted by molar-refractivity contribution is -0.145. The number of likely N-dealkylation sites (tertiary alicyclic amines) is 1. The number of hydrogen-bond acceptors (Lipinski definition) is 7. The highest BCUT2D eigenvalue weighted by atomic mass is 16.4. The third-order valence-corrected chi connectivity index (χ3v) is 5.76. The number of carbonyl (C=O) groups excluding carboxylic acids is 4. The van der Waals surface area contributed by atoms with Gasteiger partial charge >= 0.3 is 11.9 Å². The van der Waals surface area contributed by atoms with Gasteiger partial charge in [-0.3, -0.25) is 24.0 Å². The SMILES string of the molecule is NC(=O)CC(NC(=O)C(N)CCC(=O)O)C(=O)N1CCCC1C(=O)NC(Cc1ccccc1)C(=O)O. The van der Waals surface area contributed by atoms with Crippen molar-refractivity contribution in [3.63, 3.8) is 0 Å². The van der Waals surface area contributed by atoms with Gasteiger partial charge in [0.05, 0.1) is 12.5 Å². The first-order chi connectivity index (χ1) is 17.0. The predicted molar refractivity (Wildman–Crippen MR) is 125 cm³/mol. The summed E-state index contributed by atoms with van der Waals surface area (Å²) < 4.78 is 0. The van der Waals surface area contributed by atoms with Gasteiger partial charge in [-0.1, -0.05) is 30.3 Å². The molecule has 4 amide bonds. The number of benzene rings is 1. The van der Waals surface area contributed by atoms with Crippen molar-refractivity contribution in [1.82, 2.24) is 15.5 Å². The standard InChI is InChI=1S/C23H31N5O8/c24-14(8-9-19(30)31)20(32)26-15(12-18(25)29)22(34)28-10-4-7-17(28)21(33)27-16(23(35)36)11-13-5-2-1-3-6-13/h1-3,5-6,14-17H,4,7-12,24H2,(H2,25,29)(H,26,32)(H,27,33)(H,30,31)(H,35,36). The van der Waals surface area contributed by atoms with Crippen molar-refractivity contribution in [1.29, 1.82) is 0 Å². The molecule has 1 aromatic rings. The van der Waals surface area contributed by atoms with Crippen molar-refractivity contribution in [2.45, 2.75) is 62.7 Å². The Morgan fingerprint density at radius 1 is 1.03 bits per heavy atom. The Morgan fingerprint density at radius 2 is 1.69 bits per heavy atom. The first-order valence-corrected chi connectivity index (χ1v) is 11.4. The summed E-state index contributed by atoms with van der Waals surface area (Å²) in [6.07, 6.45) is -0.388. The van der Waals surface area contributed by atoms with Crippen LogP contribution in [0.2, 0.25) is 0 Å². The molecule has 2 rings (SSSR count). The maximum atomic E-state index is 13.2. The van der Waals surface area contributed by atoms with E-state index in [0.29, 0.717) is 12.0 Å². The highest BCUT2D eigenvalue weighted by Gasteiger charge is 2.39. The summed E-state index contributed by atoms with van der Waals surface area (Å²) in [5.41, 5.74) is 11.6. The summed E-state index contributed by atoms with van der Waals surface area (Å²) >= 11 is 0. The second-order valence-electron chi connectivity index (χ2n) is 8.55. The average Bonchev–Trinajstić information content (AvgIpc) is 3.31. The van der Waals surface area contributed by atoms with E-state index < -0.39 is 66.2 Å². The minimum atomic E-state index is -1.42. The Balaban J connectivity index is 2.11. The van der Waals surface area contributed by atoms with Crippen molar-refractivity contribution in [3.8, 4) is 0 Å². The lowest BCUT2D eigenvalue weighted by Crippen LogP contribution is -2.57. The fraction of sp³-hybridized carbons (Fsp3) is 0.478. The van der Waals surface area contributed by atoms with Crippen LogP contribution in [0.5, 0.6) is 0 Å². The summed E-state index contributed by atoms with van der Waals surface area (Å²) in [5, 5.41) is 23.1. The number of aliphatic carboxylic acids is 2. The number of nitrogens with zero attached hydrogens (tertiary/aromatic N) is 1. The molecule has 4 atom stereocenters. The van der Waals surface area contributed by atoms with Gasteiger partial charge in [0.1, 0.15) is 18.1 Å². The van der Waals surface area contributed by atoms with Crippen LogP contribution in [-0.2, 0) is 35.2 Å². The molecule has 1 aliphatic rings. The lowest BCUT2D eigenvalue weighted by Gasteiger charge is -2.29. The minimum Gasteiger partial charge on any atom is -0.481 e. The molecule has 1 aromatic carbocycles. The molecule has 1 heterocycles. The van der Waals surface area contributed by atoms with E-state index in [9.17, 15) is 33.9 Å². The summed E-state index contributed by atoms with van der Waals surface area (Å²) in [6, 6.07) is 3.82. The Kier molecular flexibility index (Phi) is 10.3. The van der Waals surface area contributed by atoms with Gasteiger partial charge in [0.2, 0.25) is 23.6 Å². The van der Waals surface area contributed by atoms with Gasteiger partial charge in [0.25, 0.3) is 0 Å². The predicted octanol–water partition coefficient (Wildman–Crippen LogP) is -1.66. The number of hydrogen-bond donors (Lipinski definition) is 6. The van der Waals surface area contributed by atoms with E-state index >= 15 is 0 Å². The minimum absolute atomic E-state index is 0.0389. The van der Waals surface area contributed by atoms with Gasteiger partial charge in [-0.15, -0.1) is 0 Å². The molecule has 1 fully saturated rings. The van der Waals surface area contributed by atoms with Crippen LogP contribution in [0.25, 0.3) is 0 Å². The number of carboxylic acid groups (broad SMARTS) is 2. The zero-order valence-corrected chi connectivity index (χ0v) is 19.6. The number of carbonyl (C=O) groups is 6. The molecule has 0 bridgehead atoms. The Bertz CT molecular complexity index is 986. The maximum Gasteiger partial charge on any atom is 0.326 e. The molecule has 1 saturated heterocycles. The van der Waals surface area contributed by atoms with Crippen molar-refractivity contribution >= 4 is 35.6 Å². The Hall–Kier alpha value is -4.00. The fourth-order valence-electron chi connectivity index (χ4n) is 3.91. The normalized spacial score (nSPS) is 17.5. The highest BCUT2D eigenvalue weighted by molar-refractivity contribution is 5.96. The van der Waals surface area contributed by atoms with Crippen LogP contribution in [0.15, 0.2) is 30.3 Å². The van der Waals surface area contributed by atoms with E-state index in [1.54, 1.807) is 30.3 Å². The monoisotopic (exact) mass is 505 g/mol. The van der Waals surface area contributed by atoms with Crippen LogP contribution >= 0.6 is 0 Å². The molecule has 0 saturated carbocycles. The van der Waals surface area contributed by atoms with Crippen LogP contribution in [0.3, 0.4) is 0 Å². The average molecular weight is 506 g/mol. The van der Waals surface area contributed by atoms with Crippen LogP contribution in [-0.4, -0.2) is 81.4 Å². The number of nitrogens with one attached hydrogen (secondary N) is 2. The van der Waals surface area contributed by atoms with E-state index in [4.69, 9.17) is 16.6 Å². The fourth-order valence-corrected chi connectivity index (χ4v) is 3.91. The van der Waals surface area contributed by atoms with Gasteiger partial charge in [0.15, 0.2) is 0 Å². The van der Waals surface area contributed by atoms with Gasteiger partial charge in [-0.2, -0.15) is 0 Å². The van der Waals surface area contributed by atoms with Gasteiger partial charge in [0, 0.05) is 19.4 Å². The molecule has 196 valence electrons. The molecule has 0 spiro atoms. The van der Waals surface area contributed by atoms with Crippen LogP contribution < -0.4 is 22.1 Å².